The average molecular weight is 519 g/mol. The second-order valence-electron chi connectivity index (χ2n) is 8.35. The third kappa shape index (κ3) is 5.45. The molecule has 0 radical (unpaired) electrons. The van der Waals surface area contributed by atoms with Crippen LogP contribution in [-0.2, 0) is 12.0 Å². The maximum absolute atomic E-state index is 4.58. The number of guanidine groups is 1. The van der Waals surface area contributed by atoms with Gasteiger partial charge in [-0.25, -0.2) is 4.98 Å². The van der Waals surface area contributed by atoms with Crippen molar-refractivity contribution in [2.45, 2.75) is 50.5 Å². The summed E-state index contributed by atoms with van der Waals surface area (Å²) in [5.74, 6) is 1.97. The summed E-state index contributed by atoms with van der Waals surface area (Å²) in [6.45, 7) is 3.91. The summed E-state index contributed by atoms with van der Waals surface area (Å²) in [4.78, 5) is 11.4. The fourth-order valence-electron chi connectivity index (χ4n) is 4.49. The third-order valence-electron chi connectivity index (χ3n) is 6.46. The zero-order valence-corrected chi connectivity index (χ0v) is 20.3. The Kier molecular flexibility index (Phi) is 8.36. The maximum Gasteiger partial charge on any atom is 0.191 e. The summed E-state index contributed by atoms with van der Waals surface area (Å²) >= 11 is 0. The minimum Gasteiger partial charge on any atom is -0.357 e. The first kappa shape index (κ1) is 22.8. The molecule has 1 saturated heterocycles. The lowest BCUT2D eigenvalue weighted by Gasteiger charge is -2.43. The van der Waals surface area contributed by atoms with E-state index in [1.54, 1.807) is 0 Å². The van der Waals surface area contributed by atoms with Gasteiger partial charge in [-0.05, 0) is 55.4 Å². The number of benzene rings is 1. The summed E-state index contributed by atoms with van der Waals surface area (Å²) in [5.41, 5.74) is 2.93. The molecule has 30 heavy (non-hydrogen) atoms. The molecule has 5 nitrogen and oxygen atoms in total. The Bertz CT molecular complexity index is 813. The van der Waals surface area contributed by atoms with E-state index in [2.05, 4.69) is 68.0 Å². The van der Waals surface area contributed by atoms with Crippen LogP contribution in [0.15, 0.2) is 53.7 Å². The molecule has 2 N–H and O–H groups in total. The topological polar surface area (TPSA) is 52.6 Å². The highest BCUT2D eigenvalue weighted by atomic mass is 127. The fraction of sp³-hybridized carbons (Fsp3) is 0.500. The van der Waals surface area contributed by atoms with E-state index in [-0.39, 0.29) is 29.4 Å². The first-order valence-corrected chi connectivity index (χ1v) is 11.0. The van der Waals surface area contributed by atoms with Crippen LogP contribution in [0.5, 0.6) is 0 Å². The van der Waals surface area contributed by atoms with Gasteiger partial charge in [-0.15, -0.1) is 24.0 Å². The van der Waals surface area contributed by atoms with Crippen LogP contribution in [0.3, 0.4) is 0 Å². The second kappa shape index (κ2) is 11.0. The van der Waals surface area contributed by atoms with Crippen LogP contribution in [-0.4, -0.2) is 37.6 Å². The molecule has 2 heterocycles. The predicted molar refractivity (Wildman–Crippen MR) is 136 cm³/mol. The normalized spacial score (nSPS) is 18.2. The third-order valence-corrected chi connectivity index (χ3v) is 6.46. The van der Waals surface area contributed by atoms with Crippen molar-refractivity contribution in [2.24, 2.45) is 4.99 Å². The van der Waals surface area contributed by atoms with Gasteiger partial charge in [-0.1, -0.05) is 36.8 Å². The van der Waals surface area contributed by atoms with E-state index < -0.39 is 0 Å². The molecule has 0 unspecified atom stereocenters. The number of halogens is 1. The zero-order chi connectivity index (χ0) is 19.9. The van der Waals surface area contributed by atoms with E-state index in [1.807, 2.05) is 13.2 Å². The zero-order valence-electron chi connectivity index (χ0n) is 17.9. The smallest absolute Gasteiger partial charge is 0.191 e. The molecule has 1 aromatic heterocycles. The van der Waals surface area contributed by atoms with Crippen molar-refractivity contribution in [3.8, 4) is 0 Å². The first-order valence-electron chi connectivity index (χ1n) is 11.0. The summed E-state index contributed by atoms with van der Waals surface area (Å²) < 4.78 is 0. The Hall–Kier alpha value is -1.83. The van der Waals surface area contributed by atoms with Crippen LogP contribution < -0.4 is 15.5 Å². The number of piperidine rings is 1. The number of rotatable bonds is 6. The minimum absolute atomic E-state index is 0. The molecule has 2 aliphatic rings. The van der Waals surface area contributed by atoms with Crippen molar-refractivity contribution in [3.63, 3.8) is 0 Å². The summed E-state index contributed by atoms with van der Waals surface area (Å²) in [5, 5.41) is 7.05. The SMILES string of the molecule is CN=C(NCc1ccnc(N2CCCCC2)c1)NCC1(c2ccccc2)CCC1.I. The van der Waals surface area contributed by atoms with E-state index in [9.17, 15) is 0 Å². The molecule has 0 amide bonds. The highest BCUT2D eigenvalue weighted by Crippen LogP contribution is 2.43. The van der Waals surface area contributed by atoms with Gasteiger partial charge in [0.05, 0.1) is 0 Å². The van der Waals surface area contributed by atoms with Crippen molar-refractivity contribution < 1.29 is 0 Å². The van der Waals surface area contributed by atoms with Gasteiger partial charge in [0.15, 0.2) is 5.96 Å². The van der Waals surface area contributed by atoms with Gasteiger partial charge >= 0.3 is 0 Å². The largest absolute Gasteiger partial charge is 0.357 e. The summed E-state index contributed by atoms with van der Waals surface area (Å²) in [6.07, 6.45) is 9.59. The number of nitrogens with zero attached hydrogens (tertiary/aromatic N) is 3. The van der Waals surface area contributed by atoms with E-state index >= 15 is 0 Å². The maximum atomic E-state index is 4.58. The Labute approximate surface area is 197 Å². The van der Waals surface area contributed by atoms with Gasteiger partial charge in [0.1, 0.15) is 5.82 Å². The van der Waals surface area contributed by atoms with E-state index in [0.717, 1.165) is 38.0 Å². The Morgan fingerprint density at radius 1 is 1.03 bits per heavy atom. The van der Waals surface area contributed by atoms with Gasteiger partial charge < -0.3 is 15.5 Å². The molecule has 0 bridgehead atoms. The molecule has 6 heteroatoms. The van der Waals surface area contributed by atoms with Crippen molar-refractivity contribution in [1.82, 2.24) is 15.6 Å². The quantitative estimate of drug-likeness (QED) is 0.336. The summed E-state index contributed by atoms with van der Waals surface area (Å²) in [6, 6.07) is 15.2. The fourth-order valence-corrected chi connectivity index (χ4v) is 4.49. The van der Waals surface area contributed by atoms with Crippen LogP contribution in [0.2, 0.25) is 0 Å². The van der Waals surface area contributed by atoms with Crippen molar-refractivity contribution in [1.29, 1.82) is 0 Å². The molecule has 1 aliphatic heterocycles. The van der Waals surface area contributed by atoms with E-state index in [0.29, 0.717) is 0 Å². The molecule has 0 atom stereocenters. The standard InChI is InChI=1S/C24H33N5.HI/c1-25-23(28-19-24(12-8-13-24)21-9-4-2-5-10-21)27-18-20-11-14-26-22(17-20)29-15-6-3-7-16-29;/h2,4-5,9-11,14,17H,3,6-8,12-13,15-16,18-19H2,1H3,(H2,25,27,28);1H. The molecule has 2 fully saturated rings. The van der Waals surface area contributed by atoms with E-state index in [1.165, 1.54) is 49.7 Å². The van der Waals surface area contributed by atoms with Crippen LogP contribution in [0.25, 0.3) is 0 Å². The number of aromatic nitrogens is 1. The monoisotopic (exact) mass is 519 g/mol. The van der Waals surface area contributed by atoms with Crippen molar-refractivity contribution >= 4 is 35.8 Å². The van der Waals surface area contributed by atoms with Gasteiger partial charge in [0.2, 0.25) is 0 Å². The molecule has 1 aromatic carbocycles. The van der Waals surface area contributed by atoms with Gasteiger partial charge in [0, 0.05) is 44.8 Å². The number of pyridine rings is 1. The molecule has 1 aliphatic carbocycles. The number of nitrogens with one attached hydrogen (secondary N) is 2. The Balaban J connectivity index is 0.00000256. The van der Waals surface area contributed by atoms with Crippen LogP contribution in [0, 0.1) is 0 Å². The second-order valence-corrected chi connectivity index (χ2v) is 8.35. The molecule has 162 valence electrons. The lowest BCUT2D eigenvalue weighted by molar-refractivity contribution is 0.244. The van der Waals surface area contributed by atoms with Gasteiger partial charge in [0.25, 0.3) is 0 Å². The molecule has 1 saturated carbocycles. The first-order chi connectivity index (χ1) is 14.3. The average Bonchev–Trinajstić information content (AvgIpc) is 2.76. The molecule has 4 rings (SSSR count). The van der Waals surface area contributed by atoms with Crippen LogP contribution >= 0.6 is 24.0 Å². The predicted octanol–water partition coefficient (Wildman–Crippen LogP) is 4.48. The highest BCUT2D eigenvalue weighted by Gasteiger charge is 2.38. The lowest BCUT2D eigenvalue weighted by Crippen LogP contribution is -2.48. The number of anilines is 1. The Morgan fingerprint density at radius 2 is 1.80 bits per heavy atom. The lowest BCUT2D eigenvalue weighted by atomic mass is 9.64. The van der Waals surface area contributed by atoms with Crippen molar-refractivity contribution in [2.75, 3.05) is 31.6 Å². The minimum atomic E-state index is 0. The van der Waals surface area contributed by atoms with Crippen LogP contribution in [0.4, 0.5) is 5.82 Å². The van der Waals surface area contributed by atoms with E-state index in [4.69, 9.17) is 0 Å². The molecular weight excluding hydrogens is 485 g/mol. The Morgan fingerprint density at radius 3 is 2.47 bits per heavy atom. The molecule has 0 spiro atoms. The molecule has 2 aromatic rings. The van der Waals surface area contributed by atoms with Crippen LogP contribution in [0.1, 0.15) is 49.7 Å². The highest BCUT2D eigenvalue weighted by molar-refractivity contribution is 14.0. The number of hydrogen-bond donors (Lipinski definition) is 2. The summed E-state index contributed by atoms with van der Waals surface area (Å²) in [7, 11) is 1.84. The number of hydrogen-bond acceptors (Lipinski definition) is 3. The van der Waals surface area contributed by atoms with Gasteiger partial charge in [-0.2, -0.15) is 0 Å². The van der Waals surface area contributed by atoms with Crippen molar-refractivity contribution in [3.05, 3.63) is 59.8 Å². The van der Waals surface area contributed by atoms with Gasteiger partial charge in [-0.3, -0.25) is 4.99 Å². The molecular formula is C24H34IN5. The number of aliphatic imine (C=N–C) groups is 1.